The third kappa shape index (κ3) is 2.69. The van der Waals surface area contributed by atoms with E-state index in [2.05, 4.69) is 10.4 Å². The van der Waals surface area contributed by atoms with Gasteiger partial charge in [0.1, 0.15) is 5.54 Å². The number of urea groups is 1. The zero-order chi connectivity index (χ0) is 16.4. The van der Waals surface area contributed by atoms with E-state index in [1.165, 1.54) is 12.3 Å². The number of carboxylic acid groups (broad SMARTS) is 1. The van der Waals surface area contributed by atoms with E-state index in [9.17, 15) is 14.4 Å². The van der Waals surface area contributed by atoms with Crippen molar-refractivity contribution in [1.29, 1.82) is 0 Å². The first-order valence-electron chi connectivity index (χ1n) is 7.56. The Labute approximate surface area is 133 Å². The van der Waals surface area contributed by atoms with Crippen molar-refractivity contribution in [1.82, 2.24) is 10.3 Å². The van der Waals surface area contributed by atoms with Gasteiger partial charge in [-0.15, -0.1) is 5.01 Å². The highest BCUT2D eigenvalue weighted by atomic mass is 16.4. The summed E-state index contributed by atoms with van der Waals surface area (Å²) in [7, 11) is 0. The maximum absolute atomic E-state index is 12.5. The number of carbonyl (C=O) groups is 3. The molecule has 1 aromatic rings. The fourth-order valence-corrected chi connectivity index (χ4v) is 3.13. The molecular formula is C16H17N3O4. The molecule has 7 heteroatoms. The Morgan fingerprint density at radius 2 is 1.91 bits per heavy atom. The number of nitrogens with one attached hydrogen (secondary N) is 1. The van der Waals surface area contributed by atoms with Gasteiger partial charge in [-0.05, 0) is 18.9 Å². The first-order valence-corrected chi connectivity index (χ1v) is 7.56. The van der Waals surface area contributed by atoms with Gasteiger partial charge in [-0.2, -0.15) is 5.10 Å². The molecule has 3 amide bonds. The molecule has 0 radical (unpaired) electrons. The Bertz CT molecular complexity index is 692. The highest BCUT2D eigenvalue weighted by Gasteiger charge is 2.51. The van der Waals surface area contributed by atoms with Crippen LogP contribution < -0.4 is 5.32 Å². The minimum absolute atomic E-state index is 0.0654. The number of aromatic carboxylic acids is 1. The van der Waals surface area contributed by atoms with Gasteiger partial charge < -0.3 is 10.4 Å². The van der Waals surface area contributed by atoms with Crippen LogP contribution in [0.1, 0.15) is 48.0 Å². The molecule has 0 unspecified atom stereocenters. The predicted molar refractivity (Wildman–Crippen MR) is 82.2 cm³/mol. The molecule has 2 N–H and O–H groups in total. The second-order valence-electron chi connectivity index (χ2n) is 5.83. The highest BCUT2D eigenvalue weighted by Crippen LogP contribution is 2.33. The SMILES string of the molecule is O=C(O)c1ccccc1/C=N\N1C(=O)NC2(CCCCC2)C1=O. The number of rotatable bonds is 3. The normalized spacial score (nSPS) is 20.3. The van der Waals surface area contributed by atoms with Crippen molar-refractivity contribution >= 4 is 24.1 Å². The number of hydrogen-bond donors (Lipinski definition) is 2. The molecule has 1 heterocycles. The summed E-state index contributed by atoms with van der Waals surface area (Å²) in [5.74, 6) is -1.45. The maximum Gasteiger partial charge on any atom is 0.346 e. The monoisotopic (exact) mass is 315 g/mol. The zero-order valence-electron chi connectivity index (χ0n) is 12.5. The molecule has 2 aliphatic rings. The molecule has 1 aromatic carbocycles. The Morgan fingerprint density at radius 1 is 1.22 bits per heavy atom. The minimum atomic E-state index is -1.09. The van der Waals surface area contributed by atoms with Gasteiger partial charge in [-0.1, -0.05) is 37.5 Å². The van der Waals surface area contributed by atoms with E-state index in [1.54, 1.807) is 18.2 Å². The van der Waals surface area contributed by atoms with E-state index in [0.29, 0.717) is 18.4 Å². The van der Waals surface area contributed by atoms with Gasteiger partial charge in [0.05, 0.1) is 11.8 Å². The summed E-state index contributed by atoms with van der Waals surface area (Å²) in [5, 5.41) is 16.6. The van der Waals surface area contributed by atoms with Crippen molar-refractivity contribution < 1.29 is 19.5 Å². The van der Waals surface area contributed by atoms with Crippen LogP contribution >= 0.6 is 0 Å². The fourth-order valence-electron chi connectivity index (χ4n) is 3.13. The van der Waals surface area contributed by atoms with E-state index >= 15 is 0 Å². The maximum atomic E-state index is 12.5. The van der Waals surface area contributed by atoms with Crippen molar-refractivity contribution in [3.63, 3.8) is 0 Å². The smallest absolute Gasteiger partial charge is 0.346 e. The Balaban J connectivity index is 1.84. The minimum Gasteiger partial charge on any atom is -0.478 e. The number of nitrogens with zero attached hydrogens (tertiary/aromatic N) is 2. The molecule has 0 bridgehead atoms. The number of amides is 3. The summed E-state index contributed by atoms with van der Waals surface area (Å²) in [6.45, 7) is 0. The zero-order valence-corrected chi connectivity index (χ0v) is 12.5. The summed E-state index contributed by atoms with van der Waals surface area (Å²) in [6.07, 6.45) is 5.32. The second-order valence-corrected chi connectivity index (χ2v) is 5.83. The second kappa shape index (κ2) is 5.83. The Kier molecular flexibility index (Phi) is 3.85. The molecule has 120 valence electrons. The topological polar surface area (TPSA) is 99.1 Å². The van der Waals surface area contributed by atoms with Gasteiger partial charge in [0, 0.05) is 5.56 Å². The van der Waals surface area contributed by atoms with Crippen molar-refractivity contribution in [3.05, 3.63) is 35.4 Å². The summed E-state index contributed by atoms with van der Waals surface area (Å²) in [4.78, 5) is 35.8. The van der Waals surface area contributed by atoms with Gasteiger partial charge in [0.25, 0.3) is 5.91 Å². The summed E-state index contributed by atoms with van der Waals surface area (Å²) in [6, 6.07) is 5.73. The van der Waals surface area contributed by atoms with Crippen LogP contribution in [0.25, 0.3) is 0 Å². The molecule has 23 heavy (non-hydrogen) atoms. The first-order chi connectivity index (χ1) is 11.0. The van der Waals surface area contributed by atoms with Crippen LogP contribution in [0.5, 0.6) is 0 Å². The van der Waals surface area contributed by atoms with Crippen LogP contribution in [0.15, 0.2) is 29.4 Å². The number of benzene rings is 1. The molecule has 1 spiro atoms. The van der Waals surface area contributed by atoms with Crippen LogP contribution in [0.2, 0.25) is 0 Å². The van der Waals surface area contributed by atoms with Crippen molar-refractivity contribution in [2.75, 3.05) is 0 Å². The molecule has 1 aliphatic carbocycles. The summed E-state index contributed by atoms with van der Waals surface area (Å²) < 4.78 is 0. The van der Waals surface area contributed by atoms with Crippen molar-refractivity contribution in [2.45, 2.75) is 37.6 Å². The van der Waals surface area contributed by atoms with E-state index in [0.717, 1.165) is 24.3 Å². The van der Waals surface area contributed by atoms with E-state index in [-0.39, 0.29) is 11.5 Å². The van der Waals surface area contributed by atoms with Gasteiger partial charge in [0.2, 0.25) is 0 Å². The van der Waals surface area contributed by atoms with Gasteiger partial charge in [-0.25, -0.2) is 9.59 Å². The number of imide groups is 1. The summed E-state index contributed by atoms with van der Waals surface area (Å²) in [5.41, 5.74) is -0.431. The molecular weight excluding hydrogens is 298 g/mol. The number of hydrogen-bond acceptors (Lipinski definition) is 4. The lowest BCUT2D eigenvalue weighted by Crippen LogP contribution is -2.48. The number of carboxylic acids is 1. The number of carbonyl (C=O) groups excluding carboxylic acids is 2. The largest absolute Gasteiger partial charge is 0.478 e. The van der Waals surface area contributed by atoms with E-state index in [4.69, 9.17) is 5.11 Å². The number of hydrazone groups is 1. The van der Waals surface area contributed by atoms with Gasteiger partial charge >= 0.3 is 12.0 Å². The molecule has 0 atom stereocenters. The first kappa shape index (κ1) is 15.2. The quantitative estimate of drug-likeness (QED) is 0.658. The lowest BCUT2D eigenvalue weighted by atomic mass is 9.82. The molecule has 1 saturated heterocycles. The summed E-state index contributed by atoms with van der Waals surface area (Å²) >= 11 is 0. The Hall–Kier alpha value is -2.70. The molecule has 1 saturated carbocycles. The predicted octanol–water partition coefficient (Wildman–Crippen LogP) is 1.97. The van der Waals surface area contributed by atoms with Crippen LogP contribution in [-0.4, -0.2) is 39.8 Å². The van der Waals surface area contributed by atoms with Gasteiger partial charge in [0.15, 0.2) is 0 Å². The van der Waals surface area contributed by atoms with Crippen molar-refractivity contribution in [2.24, 2.45) is 5.10 Å². The molecule has 1 aliphatic heterocycles. The van der Waals surface area contributed by atoms with Crippen LogP contribution in [0, 0.1) is 0 Å². The van der Waals surface area contributed by atoms with Crippen molar-refractivity contribution in [3.8, 4) is 0 Å². The molecule has 0 aromatic heterocycles. The van der Waals surface area contributed by atoms with Gasteiger partial charge in [-0.3, -0.25) is 4.79 Å². The Morgan fingerprint density at radius 3 is 2.61 bits per heavy atom. The van der Waals surface area contributed by atoms with Crippen LogP contribution in [0.4, 0.5) is 4.79 Å². The molecule has 7 nitrogen and oxygen atoms in total. The van der Waals surface area contributed by atoms with E-state index in [1.807, 2.05) is 0 Å². The standard InChI is InChI=1S/C16H17N3O4/c20-13(21)12-7-3-2-6-11(12)10-17-19-14(22)16(18-15(19)23)8-4-1-5-9-16/h2-3,6-7,10H,1,4-5,8-9H2,(H,18,23)(H,20,21)/b17-10-. The third-order valence-corrected chi connectivity index (χ3v) is 4.35. The lowest BCUT2D eigenvalue weighted by Gasteiger charge is -2.29. The lowest BCUT2D eigenvalue weighted by molar-refractivity contribution is -0.132. The molecule has 3 rings (SSSR count). The van der Waals surface area contributed by atoms with E-state index < -0.39 is 17.5 Å². The average molecular weight is 315 g/mol. The highest BCUT2D eigenvalue weighted by molar-refractivity contribution is 6.08. The van der Waals surface area contributed by atoms with Crippen LogP contribution in [-0.2, 0) is 4.79 Å². The molecule has 2 fully saturated rings. The van der Waals surface area contributed by atoms with Crippen LogP contribution in [0.3, 0.4) is 0 Å². The third-order valence-electron chi connectivity index (χ3n) is 4.35. The fraction of sp³-hybridized carbons (Fsp3) is 0.375. The average Bonchev–Trinajstić information content (AvgIpc) is 2.77.